The fourth-order valence-corrected chi connectivity index (χ4v) is 2.35. The molecular weight excluding hydrogens is 305 g/mol. The van der Waals surface area contributed by atoms with Crippen LogP contribution in [0.3, 0.4) is 0 Å². The Hall–Kier alpha value is -2.47. The summed E-state index contributed by atoms with van der Waals surface area (Å²) in [6, 6.07) is 11.6. The molecule has 0 aliphatic heterocycles. The van der Waals surface area contributed by atoms with Crippen molar-refractivity contribution in [2.24, 2.45) is 0 Å². The summed E-state index contributed by atoms with van der Waals surface area (Å²) < 4.78 is 35.4. The quantitative estimate of drug-likeness (QED) is 0.881. The van der Waals surface area contributed by atoms with Gasteiger partial charge < -0.3 is 5.32 Å². The molecule has 0 spiro atoms. The molecule has 2 aromatic carbocycles. The Morgan fingerprint density at radius 1 is 1.05 bits per heavy atom. The summed E-state index contributed by atoms with van der Waals surface area (Å²) in [4.78, 5) is 11.9. The first-order chi connectivity index (χ1) is 10.3. The van der Waals surface area contributed by atoms with Crippen LogP contribution >= 0.6 is 0 Å². The number of benzene rings is 2. The molecule has 0 radical (unpaired) electrons. The van der Waals surface area contributed by atoms with E-state index in [1.807, 2.05) is 0 Å². The van der Waals surface area contributed by atoms with Crippen LogP contribution in [-0.2, 0) is 14.6 Å². The molecule has 0 atom stereocenters. The van der Waals surface area contributed by atoms with Crippen LogP contribution in [0.15, 0.2) is 59.5 Å². The minimum atomic E-state index is -3.26. The van der Waals surface area contributed by atoms with Crippen molar-refractivity contribution in [1.82, 2.24) is 0 Å². The molecule has 0 unspecified atom stereocenters. The van der Waals surface area contributed by atoms with Gasteiger partial charge in [-0.15, -0.1) is 0 Å². The van der Waals surface area contributed by atoms with Crippen molar-refractivity contribution in [3.8, 4) is 0 Å². The van der Waals surface area contributed by atoms with Crippen LogP contribution in [0, 0.1) is 5.82 Å². The number of nitrogens with one attached hydrogen (secondary N) is 1. The van der Waals surface area contributed by atoms with Crippen LogP contribution in [0.5, 0.6) is 0 Å². The van der Waals surface area contributed by atoms with Crippen LogP contribution in [0.1, 0.15) is 5.56 Å². The third kappa shape index (κ3) is 4.53. The standard InChI is InChI=1S/C16H14FNO3S/c1-22(20,21)15-9-7-14(8-10-15)18-16(19)11-4-12-2-5-13(17)6-3-12/h2-11H,1H3,(H,18,19)/b11-4+. The molecule has 0 bridgehead atoms. The highest BCUT2D eigenvalue weighted by Gasteiger charge is 2.06. The predicted octanol–water partition coefficient (Wildman–Crippen LogP) is 2.88. The summed E-state index contributed by atoms with van der Waals surface area (Å²) in [6.45, 7) is 0. The van der Waals surface area contributed by atoms with Crippen molar-refractivity contribution < 1.29 is 17.6 Å². The second kappa shape index (κ2) is 6.53. The predicted molar refractivity (Wildman–Crippen MR) is 83.6 cm³/mol. The van der Waals surface area contributed by atoms with Crippen molar-refractivity contribution >= 4 is 27.5 Å². The fourth-order valence-electron chi connectivity index (χ4n) is 1.72. The largest absolute Gasteiger partial charge is 0.323 e. The highest BCUT2D eigenvalue weighted by Crippen LogP contribution is 2.14. The number of carbonyl (C=O) groups is 1. The van der Waals surface area contributed by atoms with E-state index in [9.17, 15) is 17.6 Å². The van der Waals surface area contributed by atoms with Crippen LogP contribution < -0.4 is 5.32 Å². The van der Waals surface area contributed by atoms with Gasteiger partial charge in [0.1, 0.15) is 5.82 Å². The van der Waals surface area contributed by atoms with Gasteiger partial charge in [0, 0.05) is 18.0 Å². The molecule has 0 aliphatic carbocycles. The number of carbonyl (C=O) groups excluding carboxylic acids is 1. The number of halogens is 1. The second-order valence-electron chi connectivity index (χ2n) is 4.67. The van der Waals surface area contributed by atoms with Crippen molar-refractivity contribution in [3.63, 3.8) is 0 Å². The summed E-state index contributed by atoms with van der Waals surface area (Å²) in [5, 5.41) is 2.61. The van der Waals surface area contributed by atoms with Crippen LogP contribution in [0.25, 0.3) is 6.08 Å². The highest BCUT2D eigenvalue weighted by atomic mass is 32.2. The lowest BCUT2D eigenvalue weighted by molar-refractivity contribution is -0.111. The van der Waals surface area contributed by atoms with Gasteiger partial charge in [-0.1, -0.05) is 12.1 Å². The maximum absolute atomic E-state index is 12.7. The van der Waals surface area contributed by atoms with Gasteiger partial charge in [-0.2, -0.15) is 0 Å². The SMILES string of the molecule is CS(=O)(=O)c1ccc(NC(=O)/C=C/c2ccc(F)cc2)cc1. The van der Waals surface area contributed by atoms with E-state index in [2.05, 4.69) is 5.32 Å². The maximum Gasteiger partial charge on any atom is 0.248 e. The van der Waals surface area contributed by atoms with Gasteiger partial charge in [0.2, 0.25) is 5.91 Å². The molecular formula is C16H14FNO3S. The van der Waals surface area contributed by atoms with Crippen molar-refractivity contribution in [1.29, 1.82) is 0 Å². The minimum Gasteiger partial charge on any atom is -0.323 e. The molecule has 114 valence electrons. The van der Waals surface area contributed by atoms with Crippen LogP contribution in [0.2, 0.25) is 0 Å². The van der Waals surface area contributed by atoms with E-state index in [1.54, 1.807) is 18.2 Å². The highest BCUT2D eigenvalue weighted by molar-refractivity contribution is 7.90. The average Bonchev–Trinajstić information content (AvgIpc) is 2.46. The Morgan fingerprint density at radius 2 is 1.64 bits per heavy atom. The van der Waals surface area contributed by atoms with Gasteiger partial charge in [-0.05, 0) is 48.0 Å². The summed E-state index contributed by atoms with van der Waals surface area (Å²) in [6.07, 6.45) is 3.99. The Kier molecular flexibility index (Phi) is 4.72. The Labute approximate surface area is 128 Å². The van der Waals surface area contributed by atoms with Gasteiger partial charge in [-0.25, -0.2) is 12.8 Å². The van der Waals surface area contributed by atoms with Crippen LogP contribution in [0.4, 0.5) is 10.1 Å². The molecule has 0 aromatic heterocycles. The van der Waals surface area contributed by atoms with E-state index in [1.165, 1.54) is 42.5 Å². The normalized spacial score (nSPS) is 11.5. The molecule has 0 fully saturated rings. The van der Waals surface area contributed by atoms with Gasteiger partial charge in [0.25, 0.3) is 0 Å². The fraction of sp³-hybridized carbons (Fsp3) is 0.0625. The number of amides is 1. The molecule has 0 aliphatic rings. The van der Waals surface area contributed by atoms with Crippen molar-refractivity contribution in [2.45, 2.75) is 4.90 Å². The first kappa shape index (κ1) is 15.9. The van der Waals surface area contributed by atoms with Crippen LogP contribution in [-0.4, -0.2) is 20.6 Å². The summed E-state index contributed by atoms with van der Waals surface area (Å²) in [7, 11) is -3.26. The number of anilines is 1. The van der Waals surface area contributed by atoms with E-state index in [0.717, 1.165) is 6.26 Å². The van der Waals surface area contributed by atoms with Crippen molar-refractivity contribution in [3.05, 3.63) is 66.0 Å². The third-order valence-electron chi connectivity index (χ3n) is 2.85. The van der Waals surface area contributed by atoms with Gasteiger partial charge in [0.15, 0.2) is 9.84 Å². The van der Waals surface area contributed by atoms with Crippen molar-refractivity contribution in [2.75, 3.05) is 11.6 Å². The topological polar surface area (TPSA) is 63.2 Å². The lowest BCUT2D eigenvalue weighted by Gasteiger charge is -2.03. The van der Waals surface area contributed by atoms with E-state index in [0.29, 0.717) is 11.3 Å². The molecule has 6 heteroatoms. The monoisotopic (exact) mass is 319 g/mol. The Morgan fingerprint density at radius 3 is 2.18 bits per heavy atom. The van der Waals surface area contributed by atoms with Gasteiger partial charge in [-0.3, -0.25) is 4.79 Å². The zero-order valence-corrected chi connectivity index (χ0v) is 12.6. The third-order valence-corrected chi connectivity index (χ3v) is 3.98. The van der Waals surface area contributed by atoms with E-state index < -0.39 is 9.84 Å². The molecule has 0 saturated heterocycles. The van der Waals surface area contributed by atoms with E-state index in [4.69, 9.17) is 0 Å². The van der Waals surface area contributed by atoms with Gasteiger partial charge in [0.05, 0.1) is 4.90 Å². The molecule has 1 amide bonds. The summed E-state index contributed by atoms with van der Waals surface area (Å²) >= 11 is 0. The summed E-state index contributed by atoms with van der Waals surface area (Å²) in [5.74, 6) is -0.705. The van der Waals surface area contributed by atoms with E-state index in [-0.39, 0.29) is 16.6 Å². The molecule has 4 nitrogen and oxygen atoms in total. The summed E-state index contributed by atoms with van der Waals surface area (Å²) in [5.41, 5.74) is 1.19. The lowest BCUT2D eigenvalue weighted by atomic mass is 10.2. The lowest BCUT2D eigenvalue weighted by Crippen LogP contribution is -2.08. The second-order valence-corrected chi connectivity index (χ2v) is 6.69. The minimum absolute atomic E-state index is 0.187. The Balaban J connectivity index is 2.01. The molecule has 22 heavy (non-hydrogen) atoms. The molecule has 2 aromatic rings. The van der Waals surface area contributed by atoms with E-state index >= 15 is 0 Å². The molecule has 0 heterocycles. The first-order valence-corrected chi connectivity index (χ1v) is 8.28. The zero-order chi connectivity index (χ0) is 16.2. The number of sulfone groups is 1. The van der Waals surface area contributed by atoms with Gasteiger partial charge >= 0.3 is 0 Å². The number of hydrogen-bond acceptors (Lipinski definition) is 3. The smallest absolute Gasteiger partial charge is 0.248 e. The number of hydrogen-bond donors (Lipinski definition) is 1. The Bertz CT molecular complexity index is 794. The zero-order valence-electron chi connectivity index (χ0n) is 11.8. The molecule has 0 saturated carbocycles. The molecule has 2 rings (SSSR count). The average molecular weight is 319 g/mol. The first-order valence-electron chi connectivity index (χ1n) is 6.39. The molecule has 1 N–H and O–H groups in total. The number of rotatable bonds is 4. The maximum atomic E-state index is 12.7.